The fourth-order valence-corrected chi connectivity index (χ4v) is 5.04. The van der Waals surface area contributed by atoms with Crippen LogP contribution in [-0.4, -0.2) is 27.2 Å². The highest BCUT2D eigenvalue weighted by atomic mass is 32.2. The average molecular weight is 470 g/mol. The number of nitrogens with zero attached hydrogens (tertiary/aromatic N) is 1. The summed E-state index contributed by atoms with van der Waals surface area (Å²) in [6.45, 7) is 6.14. The molecule has 0 aliphatic heterocycles. The van der Waals surface area contributed by atoms with Crippen LogP contribution in [0.2, 0.25) is 0 Å². The molecule has 0 aromatic heterocycles. The molecule has 3 aromatic rings. The van der Waals surface area contributed by atoms with Crippen molar-refractivity contribution in [1.29, 1.82) is 0 Å². The Morgan fingerprint density at radius 1 is 0.969 bits per heavy atom. The van der Waals surface area contributed by atoms with E-state index in [1.54, 1.807) is 25.1 Å². The third-order valence-electron chi connectivity index (χ3n) is 5.19. The molecule has 8 heteroatoms. The lowest BCUT2D eigenvalue weighted by Crippen LogP contribution is -2.30. The Hall–Kier alpha value is -3.10. The summed E-state index contributed by atoms with van der Waals surface area (Å²) in [6.07, 6.45) is 0. The third-order valence-corrected chi connectivity index (χ3v) is 7.29. The van der Waals surface area contributed by atoms with Gasteiger partial charge in [-0.2, -0.15) is 0 Å². The van der Waals surface area contributed by atoms with Crippen molar-refractivity contribution in [2.75, 3.05) is 28.6 Å². The van der Waals surface area contributed by atoms with Crippen LogP contribution in [0, 0.1) is 13.8 Å². The number of nitrogens with one attached hydrogen (secondary N) is 2. The minimum Gasteiger partial charge on any atom is -0.495 e. The van der Waals surface area contributed by atoms with Gasteiger partial charge in [0.1, 0.15) is 5.75 Å². The Balaban J connectivity index is 1.91. The van der Waals surface area contributed by atoms with Gasteiger partial charge in [0.25, 0.3) is 10.0 Å². The molecule has 0 heterocycles. The number of rotatable bonds is 7. The van der Waals surface area contributed by atoms with Crippen molar-refractivity contribution in [2.45, 2.75) is 25.7 Å². The van der Waals surface area contributed by atoms with Crippen LogP contribution in [0.5, 0.6) is 5.75 Å². The van der Waals surface area contributed by atoms with E-state index in [0.29, 0.717) is 28.8 Å². The molecule has 3 rings (SSSR count). The summed E-state index contributed by atoms with van der Waals surface area (Å²) in [5.74, 6) is 0.483. The van der Waals surface area contributed by atoms with Crippen molar-refractivity contribution in [3.8, 4) is 5.75 Å². The van der Waals surface area contributed by atoms with Crippen LogP contribution in [0.25, 0.3) is 0 Å². The molecule has 0 radical (unpaired) electrons. The van der Waals surface area contributed by atoms with E-state index < -0.39 is 10.0 Å². The van der Waals surface area contributed by atoms with Gasteiger partial charge in [0.05, 0.1) is 23.4 Å². The topological polar surface area (TPSA) is 70.7 Å². The largest absolute Gasteiger partial charge is 0.495 e. The highest BCUT2D eigenvalue weighted by Crippen LogP contribution is 2.31. The first-order chi connectivity index (χ1) is 15.3. The Kier molecular flexibility index (Phi) is 7.37. The highest BCUT2D eigenvalue weighted by molar-refractivity contribution is 7.92. The Morgan fingerprint density at radius 3 is 2.31 bits per heavy atom. The van der Waals surface area contributed by atoms with E-state index in [2.05, 4.69) is 10.6 Å². The molecule has 6 nitrogen and oxygen atoms in total. The molecule has 0 saturated heterocycles. The predicted molar refractivity (Wildman–Crippen MR) is 135 cm³/mol. The van der Waals surface area contributed by atoms with Crippen LogP contribution in [0.1, 0.15) is 18.1 Å². The number of anilines is 3. The molecule has 0 unspecified atom stereocenters. The molecule has 0 aliphatic rings. The quantitative estimate of drug-likeness (QED) is 0.456. The van der Waals surface area contributed by atoms with Crippen molar-refractivity contribution >= 4 is 44.4 Å². The van der Waals surface area contributed by atoms with Crippen LogP contribution in [0.15, 0.2) is 71.6 Å². The second-order valence-corrected chi connectivity index (χ2v) is 9.46. The number of thiocarbonyl (C=S) groups is 1. The maximum Gasteiger partial charge on any atom is 0.264 e. The van der Waals surface area contributed by atoms with Gasteiger partial charge in [0, 0.05) is 12.2 Å². The number of para-hydroxylation sites is 1. The van der Waals surface area contributed by atoms with Gasteiger partial charge in [-0.05, 0) is 80.5 Å². The van der Waals surface area contributed by atoms with Crippen molar-refractivity contribution in [3.63, 3.8) is 0 Å². The lowest BCUT2D eigenvalue weighted by atomic mass is 10.1. The molecule has 2 N–H and O–H groups in total. The van der Waals surface area contributed by atoms with E-state index in [0.717, 1.165) is 16.8 Å². The van der Waals surface area contributed by atoms with Crippen LogP contribution < -0.4 is 19.7 Å². The highest BCUT2D eigenvalue weighted by Gasteiger charge is 2.25. The first-order valence-electron chi connectivity index (χ1n) is 10.2. The van der Waals surface area contributed by atoms with Crippen molar-refractivity contribution < 1.29 is 13.2 Å². The van der Waals surface area contributed by atoms with Gasteiger partial charge in [0.2, 0.25) is 0 Å². The number of ether oxygens (including phenoxy) is 1. The molecule has 32 heavy (non-hydrogen) atoms. The molecule has 0 amide bonds. The number of aryl methyl sites for hydroxylation is 1. The van der Waals surface area contributed by atoms with Crippen LogP contribution in [-0.2, 0) is 10.0 Å². The minimum absolute atomic E-state index is 0.140. The molecule has 0 fully saturated rings. The summed E-state index contributed by atoms with van der Waals surface area (Å²) in [7, 11) is -2.26. The van der Waals surface area contributed by atoms with Crippen molar-refractivity contribution in [1.82, 2.24) is 0 Å². The monoisotopic (exact) mass is 469 g/mol. The van der Waals surface area contributed by atoms with E-state index >= 15 is 0 Å². The normalized spacial score (nSPS) is 11.0. The Bertz CT molecular complexity index is 1210. The molecule has 0 atom stereocenters. The fourth-order valence-electron chi connectivity index (χ4n) is 3.32. The number of methoxy groups -OCH3 is 1. The summed E-state index contributed by atoms with van der Waals surface area (Å²) < 4.78 is 33.6. The first kappa shape index (κ1) is 23.6. The molecule has 0 aliphatic carbocycles. The molecule has 0 spiro atoms. The second-order valence-electron chi connectivity index (χ2n) is 7.19. The maximum atomic E-state index is 13.4. The summed E-state index contributed by atoms with van der Waals surface area (Å²) >= 11 is 5.48. The van der Waals surface area contributed by atoms with E-state index in [4.69, 9.17) is 17.0 Å². The van der Waals surface area contributed by atoms with Crippen LogP contribution in [0.4, 0.5) is 17.1 Å². The number of hydrogen-bond donors (Lipinski definition) is 2. The second kappa shape index (κ2) is 10.0. The fraction of sp³-hybridized carbons (Fsp3) is 0.208. The zero-order valence-corrected chi connectivity index (χ0v) is 20.2. The van der Waals surface area contributed by atoms with Gasteiger partial charge in [-0.3, -0.25) is 4.31 Å². The molecule has 0 bridgehead atoms. The van der Waals surface area contributed by atoms with Gasteiger partial charge in [-0.1, -0.05) is 30.3 Å². The molecular formula is C24H27N3O3S2. The smallest absolute Gasteiger partial charge is 0.264 e. The van der Waals surface area contributed by atoms with E-state index in [-0.39, 0.29) is 4.90 Å². The lowest BCUT2D eigenvalue weighted by Gasteiger charge is -2.23. The standard InChI is InChI=1S/C24H27N3O3S2/c1-5-27(19-11-7-6-8-12-19)32(28,29)20-14-15-23(30-4)22(16-20)26-24(31)25-21-13-9-10-17(2)18(21)3/h6-16H,5H2,1-4H3,(H2,25,26,31). The van der Waals surface area contributed by atoms with Crippen LogP contribution in [0.3, 0.4) is 0 Å². The zero-order valence-electron chi connectivity index (χ0n) is 18.5. The summed E-state index contributed by atoms with van der Waals surface area (Å²) in [5.41, 5.74) is 4.17. The van der Waals surface area contributed by atoms with Crippen LogP contribution >= 0.6 is 12.2 Å². The third kappa shape index (κ3) is 5.03. The average Bonchev–Trinajstić information content (AvgIpc) is 2.78. The first-order valence-corrected chi connectivity index (χ1v) is 12.0. The maximum absolute atomic E-state index is 13.4. The Morgan fingerprint density at radius 2 is 1.66 bits per heavy atom. The molecular weight excluding hydrogens is 442 g/mol. The van der Waals surface area contributed by atoms with Gasteiger partial charge < -0.3 is 15.4 Å². The van der Waals surface area contributed by atoms with E-state index in [9.17, 15) is 8.42 Å². The van der Waals surface area contributed by atoms with E-state index in [1.807, 2.05) is 50.2 Å². The molecule has 168 valence electrons. The SMILES string of the molecule is CCN(c1ccccc1)S(=O)(=O)c1ccc(OC)c(NC(=S)Nc2cccc(C)c2C)c1. The molecule has 0 saturated carbocycles. The summed E-state index contributed by atoms with van der Waals surface area (Å²) in [5, 5.41) is 6.59. The van der Waals surface area contributed by atoms with Gasteiger partial charge >= 0.3 is 0 Å². The van der Waals surface area contributed by atoms with E-state index in [1.165, 1.54) is 23.5 Å². The number of hydrogen-bond acceptors (Lipinski definition) is 4. The van der Waals surface area contributed by atoms with Gasteiger partial charge in [0.15, 0.2) is 5.11 Å². The number of benzene rings is 3. The summed E-state index contributed by atoms with van der Waals surface area (Å²) in [6, 6.07) is 19.6. The number of sulfonamides is 1. The van der Waals surface area contributed by atoms with Crippen molar-refractivity contribution in [3.05, 3.63) is 77.9 Å². The minimum atomic E-state index is -3.78. The summed E-state index contributed by atoms with van der Waals surface area (Å²) in [4.78, 5) is 0.140. The van der Waals surface area contributed by atoms with Crippen molar-refractivity contribution in [2.24, 2.45) is 0 Å². The zero-order chi connectivity index (χ0) is 23.3. The molecule has 3 aromatic carbocycles. The van der Waals surface area contributed by atoms with Gasteiger partial charge in [-0.25, -0.2) is 8.42 Å². The Labute approximate surface area is 195 Å². The lowest BCUT2D eigenvalue weighted by molar-refractivity contribution is 0.416. The van der Waals surface area contributed by atoms with Gasteiger partial charge in [-0.15, -0.1) is 0 Å². The predicted octanol–water partition coefficient (Wildman–Crippen LogP) is 5.34.